The Hall–Kier alpha value is -6.39. The topological polar surface area (TPSA) is 43.6 Å². The highest BCUT2D eigenvalue weighted by molar-refractivity contribution is 6.17. The second-order valence-corrected chi connectivity index (χ2v) is 14.3. The molecule has 0 bridgehead atoms. The summed E-state index contributed by atoms with van der Waals surface area (Å²) in [5, 5.41) is 3.67. The average Bonchev–Trinajstić information content (AvgIpc) is 3.53. The minimum atomic E-state index is -0.209. The SMILES string of the molecule is CC1(C)c2ccccc2-c2c(n(-c3cccc(-c4nc(C5=CCCC=C5)nc(-c5ccccc5)n4)c3)c3c2ccc2ccccc23)-c2ccccc21. The van der Waals surface area contributed by atoms with Crippen LogP contribution in [0.1, 0.15) is 43.6 Å². The smallest absolute Gasteiger partial charge is 0.164 e. The molecule has 4 heteroatoms. The van der Waals surface area contributed by atoms with E-state index in [-0.39, 0.29) is 5.41 Å². The minimum Gasteiger partial charge on any atom is -0.308 e. The third-order valence-corrected chi connectivity index (χ3v) is 10.9. The molecule has 0 saturated heterocycles. The van der Waals surface area contributed by atoms with Crippen LogP contribution in [0.15, 0.2) is 158 Å². The minimum absolute atomic E-state index is 0.209. The van der Waals surface area contributed by atoms with Crippen LogP contribution in [-0.4, -0.2) is 19.5 Å². The molecule has 2 aromatic heterocycles. The lowest BCUT2D eigenvalue weighted by molar-refractivity contribution is 0.646. The van der Waals surface area contributed by atoms with Crippen LogP contribution in [0, 0.1) is 0 Å². The number of hydrogen-bond donors (Lipinski definition) is 0. The lowest BCUT2D eigenvalue weighted by Gasteiger charge is -2.28. The summed E-state index contributed by atoms with van der Waals surface area (Å²) in [6.07, 6.45) is 8.57. The Morgan fingerprint density at radius 2 is 1.23 bits per heavy atom. The van der Waals surface area contributed by atoms with Gasteiger partial charge in [0.2, 0.25) is 0 Å². The van der Waals surface area contributed by atoms with Crippen LogP contribution < -0.4 is 0 Å². The standard InChI is InChI=1S/C48H36N4/c1-48(2)40-26-13-11-24-37(40)42-39-29-28-31-16-9-10-23-36(31)43(39)52(44(42)38-25-12-14-27-41(38)48)35-22-15-21-34(30-35)47-50-45(32-17-5-3-6-18-32)49-46(51-47)33-19-7-4-8-20-33/h3,5-7,9-30H,4,8H2,1-2H3. The molecule has 2 aliphatic carbocycles. The number of allylic oxidation sites excluding steroid dienone is 4. The molecule has 0 aliphatic heterocycles. The number of fused-ring (bicyclic) bond motifs is 9. The van der Waals surface area contributed by atoms with E-state index in [0.29, 0.717) is 17.5 Å². The first-order chi connectivity index (χ1) is 25.6. The molecule has 2 aliphatic rings. The maximum Gasteiger partial charge on any atom is 0.164 e. The Kier molecular flexibility index (Phi) is 6.94. The number of hydrogen-bond acceptors (Lipinski definition) is 3. The molecule has 10 rings (SSSR count). The van der Waals surface area contributed by atoms with Gasteiger partial charge in [0.15, 0.2) is 17.5 Å². The van der Waals surface area contributed by atoms with Crippen LogP contribution >= 0.6 is 0 Å². The van der Waals surface area contributed by atoms with Crippen molar-refractivity contribution in [1.82, 2.24) is 19.5 Å². The molecule has 4 nitrogen and oxygen atoms in total. The van der Waals surface area contributed by atoms with Crippen LogP contribution in [0.3, 0.4) is 0 Å². The summed E-state index contributed by atoms with van der Waals surface area (Å²) in [6.45, 7) is 4.72. The molecule has 0 saturated carbocycles. The molecule has 248 valence electrons. The van der Waals surface area contributed by atoms with Gasteiger partial charge in [0.1, 0.15) is 0 Å². The summed E-state index contributed by atoms with van der Waals surface area (Å²) in [5.74, 6) is 2.03. The lowest BCUT2D eigenvalue weighted by atomic mass is 9.75. The summed E-state index contributed by atoms with van der Waals surface area (Å²) in [7, 11) is 0. The van der Waals surface area contributed by atoms with Gasteiger partial charge in [-0.2, -0.15) is 0 Å². The van der Waals surface area contributed by atoms with E-state index in [4.69, 9.17) is 15.0 Å². The van der Waals surface area contributed by atoms with E-state index in [1.165, 1.54) is 55.2 Å². The van der Waals surface area contributed by atoms with Crippen LogP contribution in [0.5, 0.6) is 0 Å². The number of aromatic nitrogens is 4. The van der Waals surface area contributed by atoms with Crippen LogP contribution in [0.25, 0.3) is 78.1 Å². The van der Waals surface area contributed by atoms with Gasteiger partial charge < -0.3 is 4.57 Å². The van der Waals surface area contributed by atoms with E-state index < -0.39 is 0 Å². The first-order valence-corrected chi connectivity index (χ1v) is 18.1. The summed E-state index contributed by atoms with van der Waals surface area (Å²) in [5.41, 5.74) is 12.6. The summed E-state index contributed by atoms with van der Waals surface area (Å²) < 4.78 is 2.50. The summed E-state index contributed by atoms with van der Waals surface area (Å²) in [6, 6.07) is 50.2. The first kappa shape index (κ1) is 30.4. The predicted octanol–water partition coefficient (Wildman–Crippen LogP) is 12.0. The Morgan fingerprint density at radius 1 is 0.558 bits per heavy atom. The van der Waals surface area contributed by atoms with Gasteiger partial charge in [0.25, 0.3) is 0 Å². The van der Waals surface area contributed by atoms with E-state index in [0.717, 1.165) is 35.2 Å². The first-order valence-electron chi connectivity index (χ1n) is 18.1. The van der Waals surface area contributed by atoms with Crippen molar-refractivity contribution in [2.75, 3.05) is 0 Å². The third kappa shape index (κ3) is 4.71. The zero-order chi connectivity index (χ0) is 34.8. The van der Waals surface area contributed by atoms with E-state index in [9.17, 15) is 0 Å². The molecule has 52 heavy (non-hydrogen) atoms. The van der Waals surface area contributed by atoms with Gasteiger partial charge in [-0.25, -0.2) is 15.0 Å². The van der Waals surface area contributed by atoms with Crippen molar-refractivity contribution in [3.05, 3.63) is 175 Å². The van der Waals surface area contributed by atoms with Gasteiger partial charge in [-0.3, -0.25) is 0 Å². The Bertz CT molecular complexity index is 2760. The molecule has 6 aromatic carbocycles. The van der Waals surface area contributed by atoms with Crippen molar-refractivity contribution in [3.8, 4) is 50.8 Å². The number of benzene rings is 6. The predicted molar refractivity (Wildman–Crippen MR) is 214 cm³/mol. The normalized spacial score (nSPS) is 14.4. The number of nitrogens with zero attached hydrogens (tertiary/aromatic N) is 4. The lowest BCUT2D eigenvalue weighted by Crippen LogP contribution is -2.20. The molecule has 0 unspecified atom stereocenters. The second-order valence-electron chi connectivity index (χ2n) is 14.3. The molecule has 0 radical (unpaired) electrons. The summed E-state index contributed by atoms with van der Waals surface area (Å²) >= 11 is 0. The van der Waals surface area contributed by atoms with Crippen molar-refractivity contribution in [1.29, 1.82) is 0 Å². The molecule has 0 fully saturated rings. The Labute approximate surface area is 303 Å². The van der Waals surface area contributed by atoms with E-state index in [1.807, 2.05) is 18.2 Å². The molecule has 8 aromatic rings. The quantitative estimate of drug-likeness (QED) is 0.187. The van der Waals surface area contributed by atoms with E-state index >= 15 is 0 Å². The van der Waals surface area contributed by atoms with Gasteiger partial charge in [-0.1, -0.05) is 159 Å². The molecule has 0 N–H and O–H groups in total. The van der Waals surface area contributed by atoms with Crippen molar-refractivity contribution < 1.29 is 0 Å². The van der Waals surface area contributed by atoms with E-state index in [2.05, 4.69) is 158 Å². The second kappa shape index (κ2) is 11.9. The fraction of sp³-hybridized carbons (Fsp3) is 0.104. The van der Waals surface area contributed by atoms with Gasteiger partial charge in [0, 0.05) is 49.7 Å². The fourth-order valence-electron chi connectivity index (χ4n) is 8.37. The van der Waals surface area contributed by atoms with Crippen molar-refractivity contribution in [2.45, 2.75) is 32.1 Å². The highest BCUT2D eigenvalue weighted by atomic mass is 15.0. The van der Waals surface area contributed by atoms with Gasteiger partial charge in [0.05, 0.1) is 11.2 Å². The van der Waals surface area contributed by atoms with Crippen LogP contribution in [0.2, 0.25) is 0 Å². The summed E-state index contributed by atoms with van der Waals surface area (Å²) in [4.78, 5) is 15.2. The molecular formula is C48H36N4. The Morgan fingerprint density at radius 3 is 2.04 bits per heavy atom. The third-order valence-electron chi connectivity index (χ3n) is 10.9. The highest BCUT2D eigenvalue weighted by Gasteiger charge is 2.36. The molecular weight excluding hydrogens is 633 g/mol. The van der Waals surface area contributed by atoms with Gasteiger partial charge in [-0.15, -0.1) is 0 Å². The molecule has 0 amide bonds. The fourth-order valence-corrected chi connectivity index (χ4v) is 8.37. The van der Waals surface area contributed by atoms with Gasteiger partial charge >= 0.3 is 0 Å². The molecule has 0 atom stereocenters. The monoisotopic (exact) mass is 668 g/mol. The molecule has 0 spiro atoms. The van der Waals surface area contributed by atoms with Gasteiger partial charge in [-0.05, 0) is 47.1 Å². The van der Waals surface area contributed by atoms with Crippen molar-refractivity contribution in [3.63, 3.8) is 0 Å². The largest absolute Gasteiger partial charge is 0.308 e. The zero-order valence-electron chi connectivity index (χ0n) is 29.2. The van der Waals surface area contributed by atoms with Crippen LogP contribution in [-0.2, 0) is 5.41 Å². The van der Waals surface area contributed by atoms with Crippen molar-refractivity contribution >= 4 is 27.2 Å². The zero-order valence-corrected chi connectivity index (χ0v) is 29.2. The van der Waals surface area contributed by atoms with Crippen LogP contribution in [0.4, 0.5) is 0 Å². The van der Waals surface area contributed by atoms with Crippen molar-refractivity contribution in [2.24, 2.45) is 0 Å². The maximum atomic E-state index is 5.12. The maximum absolute atomic E-state index is 5.12. The van der Waals surface area contributed by atoms with E-state index in [1.54, 1.807) is 0 Å². The highest BCUT2D eigenvalue weighted by Crippen LogP contribution is 2.53. The number of rotatable bonds is 4. The average molecular weight is 669 g/mol. The Balaban J connectivity index is 1.29. The molecule has 2 heterocycles.